The summed E-state index contributed by atoms with van der Waals surface area (Å²) in [5.74, 6) is 0.206. The number of carbonyl (C=O) groups excluding carboxylic acids is 1. The second-order valence-electron chi connectivity index (χ2n) is 4.99. The van der Waals surface area contributed by atoms with Gasteiger partial charge >= 0.3 is 0 Å². The van der Waals surface area contributed by atoms with Crippen molar-refractivity contribution in [2.24, 2.45) is 0 Å². The molecule has 0 aliphatic heterocycles. The van der Waals surface area contributed by atoms with Gasteiger partial charge in [0.25, 0.3) is 0 Å². The van der Waals surface area contributed by atoms with Crippen molar-refractivity contribution in [3.05, 3.63) is 36.9 Å². The van der Waals surface area contributed by atoms with E-state index in [-0.39, 0.29) is 6.54 Å². The lowest BCUT2D eigenvalue weighted by Crippen LogP contribution is -2.37. The fourth-order valence-electron chi connectivity index (χ4n) is 1.90. The lowest BCUT2D eigenvalue weighted by Gasteiger charge is -2.22. The quantitative estimate of drug-likeness (QED) is 0.371. The summed E-state index contributed by atoms with van der Waals surface area (Å²) in [7, 11) is -3.62. The zero-order chi connectivity index (χ0) is 19.2. The van der Waals surface area contributed by atoms with Crippen LogP contribution in [-0.2, 0) is 14.8 Å². The van der Waals surface area contributed by atoms with Crippen molar-refractivity contribution >= 4 is 61.6 Å². The lowest BCUT2D eigenvalue weighted by atomic mass is 10.3. The first-order valence-electron chi connectivity index (χ1n) is 7.32. The van der Waals surface area contributed by atoms with E-state index in [2.05, 4.69) is 22.1 Å². The highest BCUT2D eigenvalue weighted by atomic mass is 32.2. The van der Waals surface area contributed by atoms with Crippen LogP contribution in [-0.4, -0.2) is 49.3 Å². The van der Waals surface area contributed by atoms with Gasteiger partial charge in [0.05, 0.1) is 11.9 Å². The van der Waals surface area contributed by atoms with Gasteiger partial charge in [-0.05, 0) is 24.5 Å². The van der Waals surface area contributed by atoms with E-state index in [1.807, 2.05) is 12.3 Å². The molecule has 0 spiro atoms. The normalized spacial score (nSPS) is 11.2. The Kier molecular flexibility index (Phi) is 7.50. The Morgan fingerprint density at radius 1 is 1.42 bits per heavy atom. The minimum Gasteiger partial charge on any atom is -0.299 e. The summed E-state index contributed by atoms with van der Waals surface area (Å²) >= 11 is 4.18. The predicted molar refractivity (Wildman–Crippen MR) is 110 cm³/mol. The highest BCUT2D eigenvalue weighted by molar-refractivity contribution is 8.01. The Hall–Kier alpha value is -1.56. The summed E-state index contributed by atoms with van der Waals surface area (Å²) in [4.78, 5) is 13.2. The Bertz CT molecular complexity index is 883. The fourth-order valence-corrected chi connectivity index (χ4v) is 4.73. The molecule has 1 aromatic heterocycles. The van der Waals surface area contributed by atoms with Crippen LogP contribution in [0.4, 0.5) is 10.8 Å². The van der Waals surface area contributed by atoms with E-state index in [1.54, 1.807) is 24.3 Å². The van der Waals surface area contributed by atoms with Crippen LogP contribution in [0.2, 0.25) is 0 Å². The van der Waals surface area contributed by atoms with E-state index in [4.69, 9.17) is 0 Å². The van der Waals surface area contributed by atoms with Crippen LogP contribution in [0, 0.1) is 0 Å². The van der Waals surface area contributed by atoms with Crippen molar-refractivity contribution in [1.82, 2.24) is 10.2 Å². The maximum absolute atomic E-state index is 12.3. The molecule has 0 saturated heterocycles. The van der Waals surface area contributed by atoms with E-state index in [1.165, 1.54) is 34.9 Å². The number of benzene rings is 1. The standard InChI is InChI=1S/C15H18N4O3S4/c1-4-8-24-15-18-17-14(25-15)16-13(20)10-19(26(3,21)22)11-6-5-7-12(9-11)23-2/h4-7,9H,1,8,10H2,2-3H3,(H,16,17,20). The average Bonchev–Trinajstić information content (AvgIpc) is 3.04. The molecule has 1 amide bonds. The topological polar surface area (TPSA) is 92.3 Å². The molecule has 0 aliphatic carbocycles. The van der Waals surface area contributed by atoms with Gasteiger partial charge in [-0.3, -0.25) is 14.4 Å². The first kappa shape index (κ1) is 20.7. The fraction of sp³-hybridized carbons (Fsp3) is 0.267. The third kappa shape index (κ3) is 6.01. The number of anilines is 2. The molecule has 0 fully saturated rings. The summed E-state index contributed by atoms with van der Waals surface area (Å²) in [5.41, 5.74) is 0.439. The molecule has 0 aliphatic rings. The van der Waals surface area contributed by atoms with Crippen LogP contribution in [0.5, 0.6) is 0 Å². The maximum Gasteiger partial charge on any atom is 0.246 e. The molecule has 0 atom stereocenters. The number of amides is 1. The van der Waals surface area contributed by atoms with Crippen molar-refractivity contribution in [3.8, 4) is 0 Å². The van der Waals surface area contributed by atoms with Crippen LogP contribution in [0.3, 0.4) is 0 Å². The highest BCUT2D eigenvalue weighted by Gasteiger charge is 2.22. The molecular weight excluding hydrogens is 412 g/mol. The SMILES string of the molecule is C=CCSc1nnc(NC(=O)CN(c2cccc(SC)c2)S(C)(=O)=O)s1. The van der Waals surface area contributed by atoms with Crippen LogP contribution in [0.25, 0.3) is 0 Å². The van der Waals surface area contributed by atoms with E-state index in [9.17, 15) is 13.2 Å². The minimum absolute atomic E-state index is 0.327. The largest absolute Gasteiger partial charge is 0.299 e. The molecule has 2 aromatic rings. The van der Waals surface area contributed by atoms with Crippen LogP contribution < -0.4 is 9.62 Å². The van der Waals surface area contributed by atoms with Crippen LogP contribution in [0.1, 0.15) is 0 Å². The summed E-state index contributed by atoms with van der Waals surface area (Å²) in [6.07, 6.45) is 4.71. The summed E-state index contributed by atoms with van der Waals surface area (Å²) in [5, 5.41) is 10.8. The number of rotatable bonds is 9. The molecule has 11 heteroatoms. The number of nitrogens with zero attached hydrogens (tertiary/aromatic N) is 3. The molecule has 7 nitrogen and oxygen atoms in total. The van der Waals surface area contributed by atoms with Crippen molar-refractivity contribution in [3.63, 3.8) is 0 Å². The maximum atomic E-state index is 12.3. The van der Waals surface area contributed by atoms with E-state index in [0.29, 0.717) is 20.9 Å². The molecule has 26 heavy (non-hydrogen) atoms. The first-order chi connectivity index (χ1) is 12.3. The molecule has 0 bridgehead atoms. The highest BCUT2D eigenvalue weighted by Crippen LogP contribution is 2.26. The second kappa shape index (κ2) is 9.40. The molecule has 1 N–H and O–H groups in total. The Morgan fingerprint density at radius 3 is 2.85 bits per heavy atom. The third-order valence-corrected chi connectivity index (χ3v) is 6.84. The monoisotopic (exact) mass is 430 g/mol. The minimum atomic E-state index is -3.62. The number of hydrogen-bond acceptors (Lipinski definition) is 8. The van der Waals surface area contributed by atoms with Gasteiger partial charge in [-0.15, -0.1) is 28.5 Å². The smallest absolute Gasteiger partial charge is 0.246 e. The van der Waals surface area contributed by atoms with Gasteiger partial charge in [-0.2, -0.15) is 0 Å². The zero-order valence-corrected chi connectivity index (χ0v) is 17.5. The molecule has 1 heterocycles. The lowest BCUT2D eigenvalue weighted by molar-refractivity contribution is -0.114. The van der Waals surface area contributed by atoms with Gasteiger partial charge in [0.2, 0.25) is 21.1 Å². The van der Waals surface area contributed by atoms with Crippen molar-refractivity contribution in [1.29, 1.82) is 0 Å². The van der Waals surface area contributed by atoms with Gasteiger partial charge in [-0.1, -0.05) is 35.2 Å². The molecule has 0 radical (unpaired) electrons. The molecule has 0 saturated carbocycles. The van der Waals surface area contributed by atoms with E-state index < -0.39 is 15.9 Å². The van der Waals surface area contributed by atoms with Crippen molar-refractivity contribution < 1.29 is 13.2 Å². The van der Waals surface area contributed by atoms with E-state index >= 15 is 0 Å². The second-order valence-corrected chi connectivity index (χ2v) is 10.0. The Morgan fingerprint density at radius 2 is 2.19 bits per heavy atom. The molecule has 2 rings (SSSR count). The van der Waals surface area contributed by atoms with Crippen LogP contribution >= 0.6 is 34.9 Å². The van der Waals surface area contributed by atoms with Gasteiger partial charge in [0.1, 0.15) is 6.54 Å². The third-order valence-electron chi connectivity index (χ3n) is 3.01. The molecular formula is C15H18N4O3S4. The Balaban J connectivity index is 2.11. The number of sulfonamides is 1. The summed E-state index contributed by atoms with van der Waals surface area (Å²) in [6.45, 7) is 3.29. The predicted octanol–water partition coefficient (Wildman–Crippen LogP) is 2.94. The van der Waals surface area contributed by atoms with E-state index in [0.717, 1.165) is 15.5 Å². The summed E-state index contributed by atoms with van der Waals surface area (Å²) in [6, 6.07) is 7.01. The molecule has 0 unspecified atom stereocenters. The first-order valence-corrected chi connectivity index (χ1v) is 12.2. The number of hydrogen-bond donors (Lipinski definition) is 1. The summed E-state index contributed by atoms with van der Waals surface area (Å²) < 4.78 is 26.1. The van der Waals surface area contributed by atoms with Gasteiger partial charge in [0, 0.05) is 10.6 Å². The molecule has 1 aromatic carbocycles. The average molecular weight is 431 g/mol. The number of thioether (sulfide) groups is 2. The Labute approximate surface area is 165 Å². The van der Waals surface area contributed by atoms with Gasteiger partial charge in [-0.25, -0.2) is 8.42 Å². The van der Waals surface area contributed by atoms with Crippen molar-refractivity contribution in [2.45, 2.75) is 9.24 Å². The van der Waals surface area contributed by atoms with Crippen LogP contribution in [0.15, 0.2) is 46.2 Å². The number of carbonyl (C=O) groups is 1. The molecule has 140 valence electrons. The number of nitrogens with one attached hydrogen (secondary N) is 1. The van der Waals surface area contributed by atoms with Crippen molar-refractivity contribution in [2.75, 3.05) is 34.4 Å². The zero-order valence-electron chi connectivity index (χ0n) is 14.2. The van der Waals surface area contributed by atoms with Gasteiger partial charge in [0.15, 0.2) is 4.34 Å². The van der Waals surface area contributed by atoms with Gasteiger partial charge < -0.3 is 0 Å². The number of aromatic nitrogens is 2.